The molecule has 1 saturated carbocycles. The lowest BCUT2D eigenvalue weighted by Crippen LogP contribution is -2.50. The molecule has 1 heterocycles. The fraction of sp³-hybridized carbons (Fsp3) is 1.00. The number of aliphatic hydroxyl groups is 1. The monoisotopic (exact) mass is 184 g/mol. The summed E-state index contributed by atoms with van der Waals surface area (Å²) in [5.74, 6) is 0.394. The van der Waals surface area contributed by atoms with Gasteiger partial charge in [0.25, 0.3) is 0 Å². The highest BCUT2D eigenvalue weighted by atomic mass is 16.5. The van der Waals surface area contributed by atoms with Crippen LogP contribution in [-0.2, 0) is 4.74 Å². The molecule has 0 atom stereocenters. The second kappa shape index (κ2) is 2.96. The topological polar surface area (TPSA) is 29.5 Å². The van der Waals surface area contributed by atoms with E-state index in [1.54, 1.807) is 0 Å². The van der Waals surface area contributed by atoms with Crippen LogP contribution >= 0.6 is 0 Å². The summed E-state index contributed by atoms with van der Waals surface area (Å²) >= 11 is 0. The molecular weight excluding hydrogens is 164 g/mol. The second-order valence-electron chi connectivity index (χ2n) is 5.25. The minimum Gasteiger partial charge on any atom is -0.390 e. The molecule has 1 saturated heterocycles. The molecule has 76 valence electrons. The first-order valence-corrected chi connectivity index (χ1v) is 5.37. The Balaban J connectivity index is 1.95. The van der Waals surface area contributed by atoms with Crippen molar-refractivity contribution in [2.75, 3.05) is 13.2 Å². The molecule has 0 aromatic carbocycles. The number of hydrogen-bond donors (Lipinski definition) is 1. The van der Waals surface area contributed by atoms with Crippen molar-refractivity contribution >= 4 is 0 Å². The van der Waals surface area contributed by atoms with Crippen LogP contribution in [0.1, 0.15) is 39.5 Å². The van der Waals surface area contributed by atoms with Crippen molar-refractivity contribution in [2.45, 2.75) is 45.1 Å². The molecule has 1 aliphatic carbocycles. The maximum Gasteiger partial charge on any atom is 0.0671 e. The molecular formula is C11H20O2. The molecule has 0 aromatic heterocycles. The van der Waals surface area contributed by atoms with E-state index in [-0.39, 0.29) is 5.60 Å². The molecule has 2 nitrogen and oxygen atoms in total. The van der Waals surface area contributed by atoms with Crippen LogP contribution in [0.3, 0.4) is 0 Å². The minimum absolute atomic E-state index is 0.388. The summed E-state index contributed by atoms with van der Waals surface area (Å²) in [6.07, 6.45) is 4.24. The summed E-state index contributed by atoms with van der Waals surface area (Å²) in [5.41, 5.74) is 0.0714. The van der Waals surface area contributed by atoms with Gasteiger partial charge in [-0.1, -0.05) is 13.8 Å². The van der Waals surface area contributed by atoms with Crippen LogP contribution in [0.2, 0.25) is 0 Å². The first kappa shape index (κ1) is 9.47. The Morgan fingerprint density at radius 2 is 1.62 bits per heavy atom. The zero-order valence-electron chi connectivity index (χ0n) is 8.68. The maximum absolute atomic E-state index is 10.3. The zero-order chi connectivity index (χ0) is 9.53. The van der Waals surface area contributed by atoms with E-state index in [0.717, 1.165) is 38.9 Å². The average Bonchev–Trinajstić information content (AvgIpc) is 2.03. The molecule has 1 aliphatic heterocycles. The molecule has 2 rings (SSSR count). The molecule has 2 aliphatic rings. The first-order chi connectivity index (χ1) is 6.06. The Hall–Kier alpha value is -0.0800. The van der Waals surface area contributed by atoms with Gasteiger partial charge in [0.2, 0.25) is 0 Å². The van der Waals surface area contributed by atoms with Crippen molar-refractivity contribution in [3.63, 3.8) is 0 Å². The number of rotatable bonds is 1. The molecule has 1 N–H and O–H groups in total. The van der Waals surface area contributed by atoms with Crippen LogP contribution in [0.5, 0.6) is 0 Å². The van der Waals surface area contributed by atoms with Crippen molar-refractivity contribution in [3.8, 4) is 0 Å². The van der Waals surface area contributed by atoms with E-state index in [1.165, 1.54) is 0 Å². The lowest BCUT2D eigenvalue weighted by atomic mass is 9.65. The van der Waals surface area contributed by atoms with E-state index in [4.69, 9.17) is 4.74 Å². The SMILES string of the molecule is CC(C)C1(O)CCC2(CC1)COC2. The van der Waals surface area contributed by atoms with Gasteiger partial charge in [0.1, 0.15) is 0 Å². The van der Waals surface area contributed by atoms with E-state index < -0.39 is 0 Å². The van der Waals surface area contributed by atoms with Gasteiger partial charge in [0.15, 0.2) is 0 Å². The van der Waals surface area contributed by atoms with Crippen LogP contribution in [-0.4, -0.2) is 23.9 Å². The standard InChI is InChI=1S/C11H20O2/c1-9(2)11(12)5-3-10(4-6-11)7-13-8-10/h9,12H,3-8H2,1-2H3. The van der Waals surface area contributed by atoms with Crippen molar-refractivity contribution in [2.24, 2.45) is 11.3 Å². The van der Waals surface area contributed by atoms with Crippen molar-refractivity contribution in [3.05, 3.63) is 0 Å². The predicted octanol–water partition coefficient (Wildman–Crippen LogP) is 1.96. The van der Waals surface area contributed by atoms with Gasteiger partial charge in [-0.25, -0.2) is 0 Å². The van der Waals surface area contributed by atoms with Crippen molar-refractivity contribution < 1.29 is 9.84 Å². The molecule has 0 bridgehead atoms. The fourth-order valence-electron chi connectivity index (χ4n) is 2.47. The van der Waals surface area contributed by atoms with Gasteiger partial charge in [0.05, 0.1) is 18.8 Å². The highest BCUT2D eigenvalue weighted by Gasteiger charge is 2.46. The van der Waals surface area contributed by atoms with Crippen LogP contribution in [0.25, 0.3) is 0 Å². The molecule has 0 radical (unpaired) electrons. The second-order valence-corrected chi connectivity index (χ2v) is 5.25. The molecule has 0 amide bonds. The van der Waals surface area contributed by atoms with Crippen LogP contribution in [0.15, 0.2) is 0 Å². The highest BCUT2D eigenvalue weighted by molar-refractivity contribution is 4.97. The molecule has 0 aromatic rings. The number of hydrogen-bond acceptors (Lipinski definition) is 2. The first-order valence-electron chi connectivity index (χ1n) is 5.37. The fourth-order valence-corrected chi connectivity index (χ4v) is 2.47. The molecule has 1 spiro atoms. The lowest BCUT2D eigenvalue weighted by Gasteiger charge is -2.50. The summed E-state index contributed by atoms with van der Waals surface area (Å²) in [6, 6.07) is 0. The third-order valence-electron chi connectivity index (χ3n) is 4.07. The molecule has 13 heavy (non-hydrogen) atoms. The summed E-state index contributed by atoms with van der Waals surface area (Å²) in [4.78, 5) is 0. The van der Waals surface area contributed by atoms with E-state index in [9.17, 15) is 5.11 Å². The summed E-state index contributed by atoms with van der Waals surface area (Å²) < 4.78 is 5.26. The Morgan fingerprint density at radius 3 is 1.92 bits per heavy atom. The molecule has 2 fully saturated rings. The van der Waals surface area contributed by atoms with Crippen LogP contribution in [0, 0.1) is 11.3 Å². The Labute approximate surface area is 80.3 Å². The lowest BCUT2D eigenvalue weighted by molar-refractivity contribution is -0.167. The predicted molar refractivity (Wildman–Crippen MR) is 51.5 cm³/mol. The van der Waals surface area contributed by atoms with Crippen LogP contribution < -0.4 is 0 Å². The quantitative estimate of drug-likeness (QED) is 0.675. The zero-order valence-corrected chi connectivity index (χ0v) is 8.68. The minimum atomic E-state index is -0.388. The summed E-state index contributed by atoms with van der Waals surface area (Å²) in [6.45, 7) is 6.10. The Bertz CT molecular complexity index is 184. The summed E-state index contributed by atoms with van der Waals surface area (Å²) in [5, 5.41) is 10.3. The van der Waals surface area contributed by atoms with Gasteiger partial charge in [-0.05, 0) is 31.6 Å². The van der Waals surface area contributed by atoms with Gasteiger partial charge < -0.3 is 9.84 Å². The van der Waals surface area contributed by atoms with Gasteiger partial charge in [-0.2, -0.15) is 0 Å². The Kier molecular flexibility index (Phi) is 2.16. The van der Waals surface area contributed by atoms with Crippen LogP contribution in [0.4, 0.5) is 0 Å². The van der Waals surface area contributed by atoms with Gasteiger partial charge in [0, 0.05) is 5.41 Å². The van der Waals surface area contributed by atoms with E-state index in [0.29, 0.717) is 11.3 Å². The van der Waals surface area contributed by atoms with E-state index >= 15 is 0 Å². The van der Waals surface area contributed by atoms with Gasteiger partial charge in [-0.15, -0.1) is 0 Å². The Morgan fingerprint density at radius 1 is 1.08 bits per heavy atom. The maximum atomic E-state index is 10.3. The molecule has 0 unspecified atom stereocenters. The summed E-state index contributed by atoms with van der Waals surface area (Å²) in [7, 11) is 0. The number of ether oxygens (including phenoxy) is 1. The van der Waals surface area contributed by atoms with E-state index in [1.807, 2.05) is 0 Å². The highest BCUT2D eigenvalue weighted by Crippen LogP contribution is 2.47. The third kappa shape index (κ3) is 1.50. The largest absolute Gasteiger partial charge is 0.390 e. The third-order valence-corrected chi connectivity index (χ3v) is 4.07. The molecule has 2 heteroatoms. The van der Waals surface area contributed by atoms with Crippen molar-refractivity contribution in [1.29, 1.82) is 0 Å². The van der Waals surface area contributed by atoms with Gasteiger partial charge >= 0.3 is 0 Å². The normalized spacial score (nSPS) is 30.5. The van der Waals surface area contributed by atoms with E-state index in [2.05, 4.69) is 13.8 Å². The van der Waals surface area contributed by atoms with Crippen molar-refractivity contribution in [1.82, 2.24) is 0 Å². The average molecular weight is 184 g/mol. The smallest absolute Gasteiger partial charge is 0.0671 e. The van der Waals surface area contributed by atoms with Gasteiger partial charge in [-0.3, -0.25) is 0 Å².